The minimum Gasteiger partial charge on any atom is -0.374 e. The molecule has 0 fully saturated rings. The van der Waals surface area contributed by atoms with Gasteiger partial charge in [0, 0.05) is 25.3 Å². The summed E-state index contributed by atoms with van der Waals surface area (Å²) in [6.07, 6.45) is 6.56. The third-order valence-corrected chi connectivity index (χ3v) is 3.50. The molecule has 0 saturated carbocycles. The summed E-state index contributed by atoms with van der Waals surface area (Å²) < 4.78 is 0. The Morgan fingerprint density at radius 1 is 1.24 bits per heavy atom. The van der Waals surface area contributed by atoms with Crippen LogP contribution in [0.5, 0.6) is 0 Å². The lowest BCUT2D eigenvalue weighted by atomic mass is 10.1. The van der Waals surface area contributed by atoms with Gasteiger partial charge in [-0.25, -0.2) is 0 Å². The minimum absolute atomic E-state index is 0.260. The van der Waals surface area contributed by atoms with Gasteiger partial charge in [0.15, 0.2) is 0 Å². The molecule has 1 aromatic carbocycles. The van der Waals surface area contributed by atoms with E-state index in [1.165, 1.54) is 11.3 Å². The van der Waals surface area contributed by atoms with Crippen LogP contribution in [0, 0.1) is 5.92 Å². The van der Waals surface area contributed by atoms with Gasteiger partial charge in [0.25, 0.3) is 0 Å². The van der Waals surface area contributed by atoms with Crippen LogP contribution in [-0.2, 0) is 6.42 Å². The Bertz CT molecular complexity index is 380. The van der Waals surface area contributed by atoms with Gasteiger partial charge in [0.1, 0.15) is 0 Å². The molecule has 0 saturated heterocycles. The minimum atomic E-state index is 0.260. The number of nitrogens with two attached hydrogens (primary N) is 1. The van der Waals surface area contributed by atoms with E-state index in [-0.39, 0.29) is 6.04 Å². The second kappa shape index (κ2) is 5.37. The molecule has 0 aromatic heterocycles. The van der Waals surface area contributed by atoms with Crippen molar-refractivity contribution in [1.82, 2.24) is 0 Å². The van der Waals surface area contributed by atoms with Crippen LogP contribution >= 0.6 is 0 Å². The van der Waals surface area contributed by atoms with E-state index in [2.05, 4.69) is 55.3 Å². The number of hydrogen-bond acceptors (Lipinski definition) is 2. The summed E-state index contributed by atoms with van der Waals surface area (Å²) in [6.45, 7) is 3.24. The molecule has 2 atom stereocenters. The van der Waals surface area contributed by atoms with Gasteiger partial charge < -0.3 is 10.6 Å². The Kier molecular flexibility index (Phi) is 3.85. The molecule has 0 heterocycles. The molecule has 0 bridgehead atoms. The van der Waals surface area contributed by atoms with Crippen molar-refractivity contribution in [3.8, 4) is 0 Å². The van der Waals surface area contributed by atoms with Gasteiger partial charge in [-0.3, -0.25) is 0 Å². The standard InChI is InChI=1S/C15H22N2/c1-3-12-5-8-15(9-6-12)17(2)11-13-4-7-14(16)10-13/h4-9,13-14H,3,10-11,16H2,1-2H3. The van der Waals surface area contributed by atoms with E-state index in [1.807, 2.05) is 0 Å². The smallest absolute Gasteiger partial charge is 0.0363 e. The number of aryl methyl sites for hydroxylation is 1. The lowest BCUT2D eigenvalue weighted by molar-refractivity contribution is 0.586. The average Bonchev–Trinajstić information content (AvgIpc) is 2.75. The summed E-state index contributed by atoms with van der Waals surface area (Å²) in [7, 11) is 2.15. The van der Waals surface area contributed by atoms with Gasteiger partial charge in [-0.15, -0.1) is 0 Å². The van der Waals surface area contributed by atoms with Crippen LogP contribution in [0.25, 0.3) is 0 Å². The SMILES string of the molecule is CCc1ccc(N(C)CC2C=CC(N)C2)cc1. The monoisotopic (exact) mass is 230 g/mol. The molecule has 0 amide bonds. The van der Waals surface area contributed by atoms with Gasteiger partial charge in [-0.2, -0.15) is 0 Å². The van der Waals surface area contributed by atoms with Crippen molar-refractivity contribution in [3.63, 3.8) is 0 Å². The Balaban J connectivity index is 1.94. The first kappa shape index (κ1) is 12.2. The molecule has 0 radical (unpaired) electrons. The fourth-order valence-corrected chi connectivity index (χ4v) is 2.39. The molecule has 17 heavy (non-hydrogen) atoms. The maximum atomic E-state index is 5.87. The summed E-state index contributed by atoms with van der Waals surface area (Å²) >= 11 is 0. The van der Waals surface area contributed by atoms with E-state index >= 15 is 0 Å². The van der Waals surface area contributed by atoms with E-state index in [9.17, 15) is 0 Å². The lowest BCUT2D eigenvalue weighted by Gasteiger charge is -2.23. The van der Waals surface area contributed by atoms with Crippen LogP contribution in [0.15, 0.2) is 36.4 Å². The normalized spacial score (nSPS) is 23.0. The lowest BCUT2D eigenvalue weighted by Crippen LogP contribution is -2.25. The first-order valence-electron chi connectivity index (χ1n) is 6.43. The topological polar surface area (TPSA) is 29.3 Å². The Labute approximate surface area is 104 Å². The molecule has 2 N–H and O–H groups in total. The van der Waals surface area contributed by atoms with Crippen LogP contribution in [-0.4, -0.2) is 19.6 Å². The maximum Gasteiger partial charge on any atom is 0.0363 e. The molecule has 0 spiro atoms. The Hall–Kier alpha value is -1.28. The number of benzene rings is 1. The van der Waals surface area contributed by atoms with Crippen molar-refractivity contribution in [3.05, 3.63) is 42.0 Å². The highest BCUT2D eigenvalue weighted by Crippen LogP contribution is 2.21. The van der Waals surface area contributed by atoms with Gasteiger partial charge in [0.05, 0.1) is 0 Å². The van der Waals surface area contributed by atoms with Crippen molar-refractivity contribution in [1.29, 1.82) is 0 Å². The molecule has 92 valence electrons. The van der Waals surface area contributed by atoms with Gasteiger partial charge in [0.2, 0.25) is 0 Å². The van der Waals surface area contributed by atoms with Crippen LogP contribution in [0.4, 0.5) is 5.69 Å². The van der Waals surface area contributed by atoms with Crippen LogP contribution in [0.1, 0.15) is 18.9 Å². The number of nitrogens with zero attached hydrogens (tertiary/aromatic N) is 1. The fraction of sp³-hybridized carbons (Fsp3) is 0.467. The molecule has 1 aliphatic carbocycles. The van der Waals surface area contributed by atoms with Crippen molar-refractivity contribution >= 4 is 5.69 Å². The molecule has 0 aliphatic heterocycles. The van der Waals surface area contributed by atoms with Gasteiger partial charge in [-0.1, -0.05) is 31.2 Å². The van der Waals surface area contributed by atoms with Crippen molar-refractivity contribution in [2.45, 2.75) is 25.8 Å². The summed E-state index contributed by atoms with van der Waals surface area (Å²) in [5.41, 5.74) is 8.55. The molecule has 2 heteroatoms. The maximum absolute atomic E-state index is 5.87. The Morgan fingerprint density at radius 2 is 1.94 bits per heavy atom. The first-order valence-corrected chi connectivity index (χ1v) is 6.43. The molecular weight excluding hydrogens is 208 g/mol. The quantitative estimate of drug-likeness (QED) is 0.806. The third kappa shape index (κ3) is 3.10. The second-order valence-corrected chi connectivity index (χ2v) is 4.95. The number of hydrogen-bond donors (Lipinski definition) is 1. The number of rotatable bonds is 4. The molecular formula is C15H22N2. The fourth-order valence-electron chi connectivity index (χ4n) is 2.39. The van der Waals surface area contributed by atoms with E-state index in [0.717, 1.165) is 19.4 Å². The van der Waals surface area contributed by atoms with E-state index in [0.29, 0.717) is 5.92 Å². The largest absolute Gasteiger partial charge is 0.374 e. The predicted octanol–water partition coefficient (Wildman–Crippen LogP) is 2.59. The van der Waals surface area contributed by atoms with Gasteiger partial charge in [-0.05, 0) is 36.5 Å². The van der Waals surface area contributed by atoms with Crippen LogP contribution in [0.3, 0.4) is 0 Å². The highest BCUT2D eigenvalue weighted by atomic mass is 15.1. The summed E-state index contributed by atoms with van der Waals surface area (Å²) in [4.78, 5) is 2.31. The predicted molar refractivity (Wildman–Crippen MR) is 74.3 cm³/mol. The second-order valence-electron chi connectivity index (χ2n) is 4.95. The molecule has 2 rings (SSSR count). The van der Waals surface area contributed by atoms with E-state index < -0.39 is 0 Å². The third-order valence-electron chi connectivity index (χ3n) is 3.50. The van der Waals surface area contributed by atoms with E-state index in [4.69, 9.17) is 5.73 Å². The Morgan fingerprint density at radius 3 is 2.47 bits per heavy atom. The van der Waals surface area contributed by atoms with Crippen molar-refractivity contribution in [2.24, 2.45) is 11.7 Å². The summed E-state index contributed by atoms with van der Waals surface area (Å²) in [6, 6.07) is 9.09. The highest BCUT2D eigenvalue weighted by Gasteiger charge is 2.17. The molecule has 2 unspecified atom stereocenters. The van der Waals surface area contributed by atoms with E-state index in [1.54, 1.807) is 0 Å². The van der Waals surface area contributed by atoms with Crippen molar-refractivity contribution in [2.75, 3.05) is 18.5 Å². The zero-order chi connectivity index (χ0) is 12.3. The summed E-state index contributed by atoms with van der Waals surface area (Å²) in [5, 5.41) is 0. The zero-order valence-electron chi connectivity index (χ0n) is 10.8. The summed E-state index contributed by atoms with van der Waals surface area (Å²) in [5.74, 6) is 0.598. The average molecular weight is 230 g/mol. The number of anilines is 1. The van der Waals surface area contributed by atoms with Crippen LogP contribution in [0.2, 0.25) is 0 Å². The zero-order valence-corrected chi connectivity index (χ0v) is 10.8. The molecule has 1 aromatic rings. The first-order chi connectivity index (χ1) is 8.19. The van der Waals surface area contributed by atoms with Gasteiger partial charge >= 0.3 is 0 Å². The highest BCUT2D eigenvalue weighted by molar-refractivity contribution is 5.47. The molecule has 2 nitrogen and oxygen atoms in total. The van der Waals surface area contributed by atoms with Crippen molar-refractivity contribution < 1.29 is 0 Å². The molecule has 1 aliphatic rings. The van der Waals surface area contributed by atoms with Crippen LogP contribution < -0.4 is 10.6 Å².